The first-order valence-electron chi connectivity index (χ1n) is 7.31. The van der Waals surface area contributed by atoms with Crippen molar-refractivity contribution in [1.29, 1.82) is 0 Å². The van der Waals surface area contributed by atoms with Gasteiger partial charge in [0, 0.05) is 7.11 Å². The van der Waals surface area contributed by atoms with E-state index in [-0.39, 0.29) is 5.56 Å². The minimum absolute atomic E-state index is 0.125. The topological polar surface area (TPSA) is 65.0 Å². The van der Waals surface area contributed by atoms with E-state index in [9.17, 15) is 9.90 Å². The zero-order valence-electron chi connectivity index (χ0n) is 12.8. The molecule has 0 spiro atoms. The fraction of sp³-hybridized carbons (Fsp3) is 0.562. The highest BCUT2D eigenvalue weighted by Crippen LogP contribution is 2.24. The Balaban J connectivity index is 2.59. The van der Waals surface area contributed by atoms with Gasteiger partial charge < -0.3 is 19.3 Å². The van der Waals surface area contributed by atoms with Crippen molar-refractivity contribution in [2.45, 2.75) is 32.6 Å². The van der Waals surface area contributed by atoms with Gasteiger partial charge in [-0.3, -0.25) is 0 Å². The van der Waals surface area contributed by atoms with Gasteiger partial charge in [-0.2, -0.15) is 0 Å². The first-order valence-corrected chi connectivity index (χ1v) is 7.31. The van der Waals surface area contributed by atoms with Crippen LogP contribution in [-0.4, -0.2) is 38.0 Å². The lowest BCUT2D eigenvalue weighted by atomic mass is 10.2. The van der Waals surface area contributed by atoms with Crippen LogP contribution in [0.15, 0.2) is 18.2 Å². The van der Waals surface area contributed by atoms with Crippen LogP contribution in [-0.2, 0) is 4.74 Å². The normalized spacial score (nSPS) is 10.4. The molecule has 0 unspecified atom stereocenters. The van der Waals surface area contributed by atoms with Gasteiger partial charge in [0.15, 0.2) is 0 Å². The van der Waals surface area contributed by atoms with E-state index in [1.807, 2.05) is 0 Å². The number of aromatic carboxylic acids is 1. The molecule has 1 rings (SSSR count). The molecule has 0 saturated carbocycles. The van der Waals surface area contributed by atoms with Gasteiger partial charge in [-0.15, -0.1) is 0 Å². The smallest absolute Gasteiger partial charge is 0.339 e. The first kappa shape index (κ1) is 17.3. The van der Waals surface area contributed by atoms with Crippen LogP contribution < -0.4 is 9.47 Å². The quantitative estimate of drug-likeness (QED) is 0.634. The predicted molar refractivity (Wildman–Crippen MR) is 80.4 cm³/mol. The molecule has 0 heterocycles. The van der Waals surface area contributed by atoms with E-state index in [1.54, 1.807) is 19.2 Å². The number of benzene rings is 1. The van der Waals surface area contributed by atoms with Gasteiger partial charge >= 0.3 is 5.97 Å². The lowest BCUT2D eigenvalue weighted by Gasteiger charge is -2.11. The largest absolute Gasteiger partial charge is 0.493 e. The van der Waals surface area contributed by atoms with Crippen LogP contribution in [0.25, 0.3) is 0 Å². The molecule has 5 heteroatoms. The molecule has 0 aliphatic heterocycles. The fourth-order valence-electron chi connectivity index (χ4n) is 1.85. The van der Waals surface area contributed by atoms with Crippen molar-refractivity contribution in [2.75, 3.05) is 26.9 Å². The van der Waals surface area contributed by atoms with Crippen LogP contribution in [0.5, 0.6) is 11.5 Å². The molecule has 0 fully saturated rings. The summed E-state index contributed by atoms with van der Waals surface area (Å²) >= 11 is 0. The van der Waals surface area contributed by atoms with E-state index in [4.69, 9.17) is 14.2 Å². The second kappa shape index (κ2) is 10.0. The molecule has 0 aliphatic rings. The van der Waals surface area contributed by atoms with E-state index in [1.165, 1.54) is 12.5 Å². The van der Waals surface area contributed by atoms with E-state index in [0.29, 0.717) is 31.3 Å². The molecule has 21 heavy (non-hydrogen) atoms. The van der Waals surface area contributed by atoms with Crippen LogP contribution in [0.1, 0.15) is 43.0 Å². The Kier molecular flexibility index (Phi) is 8.28. The van der Waals surface area contributed by atoms with Crippen molar-refractivity contribution in [3.63, 3.8) is 0 Å². The van der Waals surface area contributed by atoms with Crippen molar-refractivity contribution in [2.24, 2.45) is 0 Å². The monoisotopic (exact) mass is 296 g/mol. The van der Waals surface area contributed by atoms with Gasteiger partial charge in [-0.05, 0) is 24.6 Å². The van der Waals surface area contributed by atoms with Gasteiger partial charge in [-0.1, -0.05) is 26.2 Å². The third-order valence-corrected chi connectivity index (χ3v) is 2.99. The molecule has 0 atom stereocenters. The van der Waals surface area contributed by atoms with Gasteiger partial charge in [0.1, 0.15) is 23.7 Å². The summed E-state index contributed by atoms with van der Waals surface area (Å²) in [5.41, 5.74) is 0.125. The summed E-state index contributed by atoms with van der Waals surface area (Å²) in [5.74, 6) is -0.128. The first-order chi connectivity index (χ1) is 10.2. The van der Waals surface area contributed by atoms with Crippen LogP contribution in [0.2, 0.25) is 0 Å². The molecular weight excluding hydrogens is 272 g/mol. The number of ether oxygens (including phenoxy) is 3. The van der Waals surface area contributed by atoms with E-state index < -0.39 is 5.97 Å². The highest BCUT2D eigenvalue weighted by molar-refractivity contribution is 5.91. The third-order valence-electron chi connectivity index (χ3n) is 2.99. The number of rotatable bonds is 11. The Hall–Kier alpha value is -1.75. The van der Waals surface area contributed by atoms with Crippen LogP contribution in [0.4, 0.5) is 0 Å². The number of carbonyl (C=O) groups is 1. The van der Waals surface area contributed by atoms with Gasteiger partial charge in [0.2, 0.25) is 0 Å². The SMILES string of the molecule is CCCCCCOc1ccc(OCCOC)cc1C(=O)O. The third kappa shape index (κ3) is 6.49. The van der Waals surface area contributed by atoms with Gasteiger partial charge in [0.05, 0.1) is 13.2 Å². The number of methoxy groups -OCH3 is 1. The van der Waals surface area contributed by atoms with Crippen molar-refractivity contribution in [3.05, 3.63) is 23.8 Å². The minimum Gasteiger partial charge on any atom is -0.493 e. The molecule has 118 valence electrons. The Labute approximate surface area is 125 Å². The molecule has 0 amide bonds. The Bertz CT molecular complexity index is 431. The van der Waals surface area contributed by atoms with Crippen LogP contribution >= 0.6 is 0 Å². The zero-order valence-corrected chi connectivity index (χ0v) is 12.8. The lowest BCUT2D eigenvalue weighted by molar-refractivity contribution is 0.0691. The predicted octanol–water partition coefficient (Wildman–Crippen LogP) is 3.37. The van der Waals surface area contributed by atoms with E-state index in [0.717, 1.165) is 19.3 Å². The molecule has 0 aromatic heterocycles. The van der Waals surface area contributed by atoms with Gasteiger partial charge in [-0.25, -0.2) is 4.79 Å². The fourth-order valence-corrected chi connectivity index (χ4v) is 1.85. The number of carboxylic acids is 1. The molecule has 1 aromatic rings. The Morgan fingerprint density at radius 1 is 1.10 bits per heavy atom. The summed E-state index contributed by atoms with van der Waals surface area (Å²) in [5, 5.41) is 9.24. The summed E-state index contributed by atoms with van der Waals surface area (Å²) in [6.07, 6.45) is 4.35. The maximum Gasteiger partial charge on any atom is 0.339 e. The summed E-state index contributed by atoms with van der Waals surface area (Å²) in [7, 11) is 1.58. The summed E-state index contributed by atoms with van der Waals surface area (Å²) < 4.78 is 15.9. The number of hydrogen-bond acceptors (Lipinski definition) is 4. The Morgan fingerprint density at radius 3 is 2.57 bits per heavy atom. The van der Waals surface area contributed by atoms with Crippen LogP contribution in [0.3, 0.4) is 0 Å². The van der Waals surface area contributed by atoms with Crippen molar-refractivity contribution < 1.29 is 24.1 Å². The maximum absolute atomic E-state index is 11.3. The average Bonchev–Trinajstić information content (AvgIpc) is 2.48. The molecular formula is C16H24O5. The molecule has 0 saturated heterocycles. The van der Waals surface area contributed by atoms with Crippen molar-refractivity contribution >= 4 is 5.97 Å². The van der Waals surface area contributed by atoms with E-state index >= 15 is 0 Å². The second-order valence-electron chi connectivity index (χ2n) is 4.71. The Morgan fingerprint density at radius 2 is 1.90 bits per heavy atom. The van der Waals surface area contributed by atoms with Crippen molar-refractivity contribution in [3.8, 4) is 11.5 Å². The standard InChI is InChI=1S/C16H24O5/c1-3-4-5-6-9-21-15-8-7-13(20-11-10-19-2)12-14(15)16(17)18/h7-8,12H,3-6,9-11H2,1-2H3,(H,17,18). The van der Waals surface area contributed by atoms with E-state index in [2.05, 4.69) is 6.92 Å². The lowest BCUT2D eigenvalue weighted by Crippen LogP contribution is -2.07. The number of hydrogen-bond donors (Lipinski definition) is 1. The molecule has 1 aromatic carbocycles. The van der Waals surface area contributed by atoms with Crippen molar-refractivity contribution in [1.82, 2.24) is 0 Å². The second-order valence-corrected chi connectivity index (χ2v) is 4.71. The molecule has 0 aliphatic carbocycles. The summed E-state index contributed by atoms with van der Waals surface area (Å²) in [6, 6.07) is 4.84. The minimum atomic E-state index is -1.02. The summed E-state index contributed by atoms with van der Waals surface area (Å²) in [6.45, 7) is 3.51. The van der Waals surface area contributed by atoms with Crippen LogP contribution in [0, 0.1) is 0 Å². The average molecular weight is 296 g/mol. The maximum atomic E-state index is 11.3. The zero-order chi connectivity index (χ0) is 15.5. The number of carboxylic acid groups (broad SMARTS) is 1. The molecule has 1 N–H and O–H groups in total. The highest BCUT2D eigenvalue weighted by Gasteiger charge is 2.13. The molecule has 0 bridgehead atoms. The highest BCUT2D eigenvalue weighted by atomic mass is 16.5. The summed E-state index contributed by atoms with van der Waals surface area (Å²) in [4.78, 5) is 11.3. The number of unbranched alkanes of at least 4 members (excludes halogenated alkanes) is 3. The van der Waals surface area contributed by atoms with Gasteiger partial charge in [0.25, 0.3) is 0 Å². The molecule has 5 nitrogen and oxygen atoms in total. The molecule has 0 radical (unpaired) electrons.